The first-order valence-electron chi connectivity index (χ1n) is 11.9. The Morgan fingerprint density at radius 1 is 0.667 bits per heavy atom. The second kappa shape index (κ2) is 10.3. The molecule has 2 saturated heterocycles. The van der Waals surface area contributed by atoms with E-state index in [0.29, 0.717) is 0 Å². The molecule has 4 rings (SSSR count). The normalized spacial score (nSPS) is 26.6. The zero-order valence-electron chi connectivity index (χ0n) is 20.8. The summed E-state index contributed by atoms with van der Waals surface area (Å²) in [6.45, 7) is 8.17. The molecule has 2 aliphatic rings. The Bertz CT molecular complexity index is 1220. The highest BCUT2D eigenvalue weighted by Crippen LogP contribution is 2.25. The molecule has 196 valence electrons. The number of ketones is 1. The van der Waals surface area contributed by atoms with Crippen LogP contribution in [0.1, 0.15) is 43.6 Å². The van der Waals surface area contributed by atoms with E-state index < -0.39 is 25.8 Å². The fourth-order valence-electron chi connectivity index (χ4n) is 4.71. The van der Waals surface area contributed by atoms with Gasteiger partial charge in [-0.15, -0.1) is 0 Å². The predicted octanol–water partition coefficient (Wildman–Crippen LogP) is 2.51. The van der Waals surface area contributed by atoms with Crippen LogP contribution in [0.25, 0.3) is 0 Å². The number of carbonyl (C=O) groups is 1. The molecule has 0 saturated carbocycles. The van der Waals surface area contributed by atoms with Crippen molar-refractivity contribution >= 4 is 25.8 Å². The Morgan fingerprint density at radius 3 is 1.33 bits per heavy atom. The number of sulfonamides is 2. The predicted molar refractivity (Wildman–Crippen MR) is 134 cm³/mol. The molecular weight excluding hydrogens is 504 g/mol. The molecule has 0 aliphatic carbocycles. The van der Waals surface area contributed by atoms with E-state index in [1.54, 1.807) is 0 Å². The van der Waals surface area contributed by atoms with E-state index in [1.165, 1.54) is 57.1 Å². The number of carbonyl (C=O) groups excluding carboxylic acids is 1. The summed E-state index contributed by atoms with van der Waals surface area (Å²) in [6.07, 6.45) is -0.961. The Hall–Kier alpha value is -2.15. The molecule has 9 nitrogen and oxygen atoms in total. The summed E-state index contributed by atoms with van der Waals surface area (Å²) in [5.41, 5.74) is 0.321. The van der Waals surface area contributed by atoms with Crippen LogP contribution in [-0.2, 0) is 29.5 Å². The summed E-state index contributed by atoms with van der Waals surface area (Å²) in [4.78, 5) is 13.3. The van der Waals surface area contributed by atoms with Crippen LogP contribution in [0.3, 0.4) is 0 Å². The Labute approximate surface area is 213 Å². The van der Waals surface area contributed by atoms with Crippen molar-refractivity contribution in [1.29, 1.82) is 0 Å². The van der Waals surface area contributed by atoms with E-state index in [1.807, 2.05) is 27.7 Å². The van der Waals surface area contributed by atoms with Gasteiger partial charge in [0.05, 0.1) is 34.2 Å². The van der Waals surface area contributed by atoms with Gasteiger partial charge in [-0.2, -0.15) is 8.61 Å². The van der Waals surface area contributed by atoms with E-state index in [4.69, 9.17) is 9.47 Å². The molecule has 2 aromatic carbocycles. The number of ether oxygens (including phenoxy) is 2. The van der Waals surface area contributed by atoms with Crippen LogP contribution in [0.4, 0.5) is 0 Å². The second-order valence-corrected chi connectivity index (χ2v) is 13.4. The van der Waals surface area contributed by atoms with Crippen molar-refractivity contribution in [3.05, 3.63) is 59.7 Å². The first-order valence-corrected chi connectivity index (χ1v) is 14.8. The molecular formula is C25H32N2O7S2. The number of rotatable bonds is 6. The summed E-state index contributed by atoms with van der Waals surface area (Å²) in [5, 5.41) is 0. The van der Waals surface area contributed by atoms with Gasteiger partial charge in [-0.05, 0) is 52.0 Å². The highest BCUT2D eigenvalue weighted by atomic mass is 32.2. The molecule has 4 atom stereocenters. The lowest BCUT2D eigenvalue weighted by atomic mass is 10.0. The van der Waals surface area contributed by atoms with E-state index in [2.05, 4.69) is 0 Å². The van der Waals surface area contributed by atoms with Crippen LogP contribution in [0.15, 0.2) is 58.3 Å². The molecule has 0 N–H and O–H groups in total. The van der Waals surface area contributed by atoms with Crippen molar-refractivity contribution < 1.29 is 31.1 Å². The fourth-order valence-corrected chi connectivity index (χ4v) is 7.99. The van der Waals surface area contributed by atoms with Crippen LogP contribution in [-0.4, -0.2) is 81.8 Å². The maximum atomic E-state index is 13.3. The number of hydrogen-bond donors (Lipinski definition) is 0. The van der Waals surface area contributed by atoms with E-state index in [9.17, 15) is 21.6 Å². The molecule has 36 heavy (non-hydrogen) atoms. The van der Waals surface area contributed by atoms with Crippen molar-refractivity contribution in [2.45, 2.75) is 61.9 Å². The lowest BCUT2D eigenvalue weighted by Gasteiger charge is -2.34. The largest absolute Gasteiger partial charge is 0.373 e. The Kier molecular flexibility index (Phi) is 7.70. The molecule has 2 heterocycles. The highest BCUT2D eigenvalue weighted by Gasteiger charge is 2.34. The summed E-state index contributed by atoms with van der Waals surface area (Å²) < 4.78 is 67.1. The lowest BCUT2D eigenvalue weighted by Crippen LogP contribution is -2.48. The van der Waals surface area contributed by atoms with Crippen LogP contribution < -0.4 is 0 Å². The zero-order chi connectivity index (χ0) is 26.3. The molecule has 0 spiro atoms. The molecule has 0 unspecified atom stereocenters. The molecule has 0 amide bonds. The first kappa shape index (κ1) is 26.9. The van der Waals surface area contributed by atoms with Gasteiger partial charge in [-0.1, -0.05) is 24.3 Å². The van der Waals surface area contributed by atoms with E-state index in [0.717, 1.165) is 0 Å². The molecule has 2 aromatic rings. The van der Waals surface area contributed by atoms with Crippen molar-refractivity contribution in [1.82, 2.24) is 8.61 Å². The maximum Gasteiger partial charge on any atom is 0.243 e. The average Bonchev–Trinajstić information content (AvgIpc) is 2.82. The summed E-state index contributed by atoms with van der Waals surface area (Å²) in [6, 6.07) is 11.7. The van der Waals surface area contributed by atoms with Gasteiger partial charge < -0.3 is 9.47 Å². The van der Waals surface area contributed by atoms with Gasteiger partial charge in [0.1, 0.15) is 0 Å². The number of morpholine rings is 2. The summed E-state index contributed by atoms with van der Waals surface area (Å²) >= 11 is 0. The van der Waals surface area contributed by atoms with Gasteiger partial charge in [0.15, 0.2) is 5.78 Å². The monoisotopic (exact) mass is 536 g/mol. The average molecular weight is 537 g/mol. The van der Waals surface area contributed by atoms with Gasteiger partial charge in [0, 0.05) is 37.3 Å². The number of nitrogens with zero attached hydrogens (tertiary/aromatic N) is 2. The Morgan fingerprint density at radius 2 is 1.00 bits per heavy atom. The minimum absolute atomic E-state index is 0.00900. The topological polar surface area (TPSA) is 110 Å². The SMILES string of the molecule is C[C@@H]1CN(S(=O)(=O)c2cccc(C(=O)c3cccc(S(=O)(=O)N4C[C@H](C)O[C@@H](C)C4)c3)c2)C[C@@H](C)O1. The van der Waals surface area contributed by atoms with Gasteiger partial charge in [-0.25, -0.2) is 16.8 Å². The molecule has 2 aliphatic heterocycles. The van der Waals surface area contributed by atoms with Gasteiger partial charge in [0.2, 0.25) is 20.0 Å². The first-order chi connectivity index (χ1) is 16.9. The van der Waals surface area contributed by atoms with Gasteiger partial charge >= 0.3 is 0 Å². The van der Waals surface area contributed by atoms with Crippen molar-refractivity contribution in [2.24, 2.45) is 0 Å². The lowest BCUT2D eigenvalue weighted by molar-refractivity contribution is -0.0442. The van der Waals surface area contributed by atoms with Crippen LogP contribution in [0.5, 0.6) is 0 Å². The van der Waals surface area contributed by atoms with Gasteiger partial charge in [0.25, 0.3) is 0 Å². The van der Waals surface area contributed by atoms with Crippen LogP contribution in [0, 0.1) is 0 Å². The number of hydrogen-bond acceptors (Lipinski definition) is 7. The smallest absolute Gasteiger partial charge is 0.243 e. The summed E-state index contributed by atoms with van der Waals surface area (Å²) in [5.74, 6) is -0.462. The van der Waals surface area contributed by atoms with Crippen molar-refractivity contribution in [3.63, 3.8) is 0 Å². The third-order valence-corrected chi connectivity index (χ3v) is 9.90. The van der Waals surface area contributed by atoms with E-state index in [-0.39, 0.29) is 71.5 Å². The minimum atomic E-state index is -3.84. The minimum Gasteiger partial charge on any atom is -0.373 e. The standard InChI is InChI=1S/C25H32N2O7S2/c1-17-13-26(14-18(2)33-17)35(29,30)23-9-5-7-21(11-23)25(28)22-8-6-10-24(12-22)36(31,32)27-15-19(3)34-20(4)16-27/h5-12,17-20H,13-16H2,1-4H3/t17-,18-,19+,20+. The van der Waals surface area contributed by atoms with Crippen LogP contribution >= 0.6 is 0 Å². The third kappa shape index (κ3) is 5.56. The maximum absolute atomic E-state index is 13.3. The van der Waals surface area contributed by atoms with Crippen molar-refractivity contribution in [2.75, 3.05) is 26.2 Å². The number of benzene rings is 2. The third-order valence-electron chi connectivity index (χ3n) is 6.24. The van der Waals surface area contributed by atoms with E-state index >= 15 is 0 Å². The molecule has 0 aromatic heterocycles. The highest BCUT2D eigenvalue weighted by molar-refractivity contribution is 7.89. The summed E-state index contributed by atoms with van der Waals surface area (Å²) in [7, 11) is -7.67. The molecule has 11 heteroatoms. The van der Waals surface area contributed by atoms with Gasteiger partial charge in [-0.3, -0.25) is 4.79 Å². The Balaban J connectivity index is 1.61. The molecule has 2 fully saturated rings. The quantitative estimate of drug-likeness (QED) is 0.522. The zero-order valence-corrected chi connectivity index (χ0v) is 22.5. The second-order valence-electron chi connectivity index (χ2n) is 9.54. The fraction of sp³-hybridized carbons (Fsp3) is 0.480. The molecule has 0 radical (unpaired) electrons. The molecule has 0 bridgehead atoms. The van der Waals surface area contributed by atoms with Crippen LogP contribution in [0.2, 0.25) is 0 Å². The van der Waals surface area contributed by atoms with Crippen molar-refractivity contribution in [3.8, 4) is 0 Å².